The van der Waals surface area contributed by atoms with Crippen molar-refractivity contribution >= 4 is 40.5 Å². The summed E-state index contributed by atoms with van der Waals surface area (Å²) in [6.07, 6.45) is -1.84. The molecule has 0 amide bonds. The van der Waals surface area contributed by atoms with E-state index in [1.165, 1.54) is 12.1 Å². The van der Waals surface area contributed by atoms with Crippen LogP contribution in [-0.2, 0) is 4.79 Å². The Hall–Kier alpha value is -2.31. The van der Waals surface area contributed by atoms with Crippen molar-refractivity contribution in [3.8, 4) is 0 Å². The number of carboxylic acid groups (broad SMARTS) is 1. The van der Waals surface area contributed by atoms with E-state index in [-0.39, 0.29) is 21.4 Å². The van der Waals surface area contributed by atoms with Gasteiger partial charge in [-0.15, -0.1) is 12.6 Å². The van der Waals surface area contributed by atoms with Gasteiger partial charge in [0.1, 0.15) is 11.2 Å². The molecule has 0 aliphatic rings. The number of carbonyl (C=O) groups is 1. The summed E-state index contributed by atoms with van der Waals surface area (Å²) >= 11 is 4.15. The van der Waals surface area contributed by atoms with E-state index < -0.39 is 17.5 Å². The quantitative estimate of drug-likeness (QED) is 0.499. The fourth-order valence-electron chi connectivity index (χ4n) is 2.30. The van der Waals surface area contributed by atoms with Gasteiger partial charge in [0.15, 0.2) is 6.10 Å². The second kappa shape index (κ2) is 4.91. The lowest BCUT2D eigenvalue weighted by molar-refractivity contribution is -0.147. The van der Waals surface area contributed by atoms with Gasteiger partial charge in [-0.1, -0.05) is 12.1 Å². The second-order valence-electron chi connectivity index (χ2n) is 4.54. The van der Waals surface area contributed by atoms with Crippen LogP contribution < -0.4 is 5.43 Å². The molecule has 3 aromatic rings. The van der Waals surface area contributed by atoms with Crippen LogP contribution in [0.2, 0.25) is 0 Å². The van der Waals surface area contributed by atoms with Crippen molar-refractivity contribution in [3.63, 3.8) is 0 Å². The summed E-state index contributed by atoms with van der Waals surface area (Å²) in [5, 5.41) is 19.2. The molecular formula is C15H10O5S. The van der Waals surface area contributed by atoms with Crippen LogP contribution in [0.3, 0.4) is 0 Å². The molecule has 0 spiro atoms. The van der Waals surface area contributed by atoms with Gasteiger partial charge in [0.25, 0.3) is 0 Å². The summed E-state index contributed by atoms with van der Waals surface area (Å²) in [6.45, 7) is 0. The second-order valence-corrected chi connectivity index (χ2v) is 5.02. The number of aliphatic carboxylic acids is 1. The molecule has 2 N–H and O–H groups in total. The highest BCUT2D eigenvalue weighted by atomic mass is 32.1. The van der Waals surface area contributed by atoms with Crippen molar-refractivity contribution in [3.05, 3.63) is 52.2 Å². The maximum absolute atomic E-state index is 12.6. The molecule has 0 aliphatic carbocycles. The number of thiol groups is 1. The molecule has 106 valence electrons. The molecule has 1 atom stereocenters. The number of rotatable bonds is 2. The molecule has 6 heteroatoms. The summed E-state index contributed by atoms with van der Waals surface area (Å²) in [5.74, 6) is -1.45. The number of aliphatic hydroxyl groups excluding tert-OH is 1. The van der Waals surface area contributed by atoms with E-state index in [4.69, 9.17) is 9.52 Å². The van der Waals surface area contributed by atoms with Crippen molar-refractivity contribution in [2.75, 3.05) is 0 Å². The first kappa shape index (κ1) is 13.7. The Balaban J connectivity index is 2.53. The molecule has 0 radical (unpaired) electrons. The van der Waals surface area contributed by atoms with Gasteiger partial charge >= 0.3 is 5.97 Å². The maximum atomic E-state index is 12.6. The first-order chi connectivity index (χ1) is 10.0. The molecule has 1 unspecified atom stereocenters. The molecule has 0 saturated heterocycles. The first-order valence-electron chi connectivity index (χ1n) is 6.09. The molecule has 5 nitrogen and oxygen atoms in total. The highest BCUT2D eigenvalue weighted by Gasteiger charge is 2.24. The zero-order valence-corrected chi connectivity index (χ0v) is 11.5. The standard InChI is InChI=1S/C15H10O5S/c16-13-7-3-1-2-4-8(7)20-9-5-6-10(21)12(11(9)13)14(17)15(18)19/h1-6,14,17,21H,(H,18,19). The lowest BCUT2D eigenvalue weighted by Gasteiger charge is -2.12. The zero-order valence-electron chi connectivity index (χ0n) is 10.6. The van der Waals surface area contributed by atoms with Gasteiger partial charge in [-0.25, -0.2) is 4.79 Å². The molecule has 2 aromatic carbocycles. The Morgan fingerprint density at radius 2 is 1.86 bits per heavy atom. The minimum Gasteiger partial charge on any atom is -0.479 e. The predicted octanol–water partition coefficient (Wildman–Crippen LogP) is 2.35. The van der Waals surface area contributed by atoms with Crippen LogP contribution in [0.1, 0.15) is 11.7 Å². The van der Waals surface area contributed by atoms with E-state index in [0.717, 1.165) is 0 Å². The average Bonchev–Trinajstić information content (AvgIpc) is 2.47. The molecule has 0 bridgehead atoms. The Morgan fingerprint density at radius 1 is 1.14 bits per heavy atom. The van der Waals surface area contributed by atoms with E-state index in [2.05, 4.69) is 12.6 Å². The van der Waals surface area contributed by atoms with E-state index in [1.807, 2.05) is 0 Å². The van der Waals surface area contributed by atoms with Crippen LogP contribution >= 0.6 is 12.6 Å². The van der Waals surface area contributed by atoms with E-state index in [0.29, 0.717) is 11.0 Å². The first-order valence-corrected chi connectivity index (χ1v) is 6.53. The molecule has 3 rings (SSSR count). The number of fused-ring (bicyclic) bond motifs is 2. The topological polar surface area (TPSA) is 87.7 Å². The summed E-state index contributed by atoms with van der Waals surface area (Å²) in [6, 6.07) is 9.68. The van der Waals surface area contributed by atoms with E-state index >= 15 is 0 Å². The highest BCUT2D eigenvalue weighted by Crippen LogP contribution is 2.30. The van der Waals surface area contributed by atoms with Crippen molar-refractivity contribution in [1.29, 1.82) is 0 Å². The highest BCUT2D eigenvalue weighted by molar-refractivity contribution is 7.80. The third kappa shape index (κ3) is 2.09. The lowest BCUT2D eigenvalue weighted by atomic mass is 10.0. The van der Waals surface area contributed by atoms with Crippen LogP contribution in [0.25, 0.3) is 21.9 Å². The number of benzene rings is 2. The number of aliphatic hydroxyl groups is 1. The molecule has 0 aliphatic heterocycles. The lowest BCUT2D eigenvalue weighted by Crippen LogP contribution is -2.15. The van der Waals surface area contributed by atoms with Crippen LogP contribution in [0.5, 0.6) is 0 Å². The van der Waals surface area contributed by atoms with Crippen molar-refractivity contribution in [2.45, 2.75) is 11.0 Å². The Labute approximate surface area is 123 Å². The minimum absolute atomic E-state index is 0.0381. The third-order valence-electron chi connectivity index (χ3n) is 3.27. The summed E-state index contributed by atoms with van der Waals surface area (Å²) in [5.41, 5.74) is 0.172. The van der Waals surface area contributed by atoms with Gasteiger partial charge < -0.3 is 14.6 Å². The van der Waals surface area contributed by atoms with Gasteiger partial charge in [0, 0.05) is 10.5 Å². The SMILES string of the molecule is O=C(O)C(O)c1c(S)ccc2oc3ccccc3c(=O)c12. The Bertz CT molecular complexity index is 928. The molecule has 1 aromatic heterocycles. The van der Waals surface area contributed by atoms with Crippen LogP contribution in [-0.4, -0.2) is 16.2 Å². The van der Waals surface area contributed by atoms with E-state index in [1.54, 1.807) is 24.3 Å². The smallest absolute Gasteiger partial charge is 0.337 e. The molecular weight excluding hydrogens is 292 g/mol. The van der Waals surface area contributed by atoms with Gasteiger partial charge in [-0.05, 0) is 24.3 Å². The number of hydrogen-bond donors (Lipinski definition) is 3. The summed E-state index contributed by atoms with van der Waals surface area (Å²) < 4.78 is 5.61. The van der Waals surface area contributed by atoms with Crippen LogP contribution in [0.4, 0.5) is 0 Å². The Kier molecular flexibility index (Phi) is 3.19. The number of para-hydroxylation sites is 1. The van der Waals surface area contributed by atoms with Crippen molar-refractivity contribution in [1.82, 2.24) is 0 Å². The molecule has 0 fully saturated rings. The van der Waals surface area contributed by atoms with Gasteiger partial charge in [-0.2, -0.15) is 0 Å². The normalized spacial score (nSPS) is 12.7. The zero-order chi connectivity index (χ0) is 15.1. The number of carboxylic acids is 1. The summed E-state index contributed by atoms with van der Waals surface area (Å²) in [7, 11) is 0. The average molecular weight is 302 g/mol. The largest absolute Gasteiger partial charge is 0.479 e. The number of hydrogen-bond acceptors (Lipinski definition) is 5. The molecule has 21 heavy (non-hydrogen) atoms. The predicted molar refractivity (Wildman–Crippen MR) is 79.8 cm³/mol. The van der Waals surface area contributed by atoms with Gasteiger partial charge in [-0.3, -0.25) is 4.79 Å². The molecule has 0 saturated carbocycles. The van der Waals surface area contributed by atoms with E-state index in [9.17, 15) is 14.7 Å². The van der Waals surface area contributed by atoms with Gasteiger partial charge in [0.05, 0.1) is 10.8 Å². The van der Waals surface area contributed by atoms with Crippen LogP contribution in [0, 0.1) is 0 Å². The van der Waals surface area contributed by atoms with Crippen molar-refractivity contribution < 1.29 is 19.4 Å². The van der Waals surface area contributed by atoms with Gasteiger partial charge in [0.2, 0.25) is 5.43 Å². The van der Waals surface area contributed by atoms with Crippen molar-refractivity contribution in [2.24, 2.45) is 0 Å². The third-order valence-corrected chi connectivity index (χ3v) is 3.66. The van der Waals surface area contributed by atoms with Crippen LogP contribution in [0.15, 0.2) is 50.5 Å². The maximum Gasteiger partial charge on any atom is 0.337 e. The summed E-state index contributed by atoms with van der Waals surface area (Å²) in [4.78, 5) is 23.9. The monoisotopic (exact) mass is 302 g/mol. The molecule has 1 heterocycles. The minimum atomic E-state index is -1.84. The fraction of sp³-hybridized carbons (Fsp3) is 0.0667. The Morgan fingerprint density at radius 3 is 2.57 bits per heavy atom. The fourth-order valence-corrected chi connectivity index (χ4v) is 2.61.